The molecular formula is C23H23N3O3S. The van der Waals surface area contributed by atoms with Gasteiger partial charge in [0.1, 0.15) is 5.75 Å². The predicted octanol–water partition coefficient (Wildman–Crippen LogP) is 3.62. The van der Waals surface area contributed by atoms with Crippen molar-refractivity contribution in [2.24, 2.45) is 0 Å². The number of hydrogen-bond acceptors (Lipinski definition) is 5. The van der Waals surface area contributed by atoms with E-state index in [0.29, 0.717) is 41.2 Å². The first-order valence-electron chi connectivity index (χ1n) is 9.85. The molecule has 3 aromatic carbocycles. The highest BCUT2D eigenvalue weighted by Crippen LogP contribution is 2.32. The minimum atomic E-state index is -3.65. The van der Waals surface area contributed by atoms with Crippen LogP contribution in [0.3, 0.4) is 0 Å². The second kappa shape index (κ2) is 8.34. The molecule has 0 aromatic heterocycles. The van der Waals surface area contributed by atoms with Crippen LogP contribution in [0.2, 0.25) is 0 Å². The first kappa shape index (κ1) is 20.2. The molecule has 1 heterocycles. The lowest BCUT2D eigenvalue weighted by Crippen LogP contribution is -2.35. The third kappa shape index (κ3) is 3.72. The van der Waals surface area contributed by atoms with Crippen molar-refractivity contribution in [2.75, 3.05) is 38.2 Å². The highest BCUT2D eigenvalue weighted by molar-refractivity contribution is 7.89. The first-order valence-corrected chi connectivity index (χ1v) is 11.3. The van der Waals surface area contributed by atoms with Crippen molar-refractivity contribution in [3.63, 3.8) is 0 Å². The smallest absolute Gasteiger partial charge is 0.243 e. The fraction of sp³-hybridized carbons (Fsp3) is 0.261. The number of benzene rings is 3. The van der Waals surface area contributed by atoms with E-state index in [4.69, 9.17) is 10.00 Å². The Kier molecular flexibility index (Phi) is 5.62. The van der Waals surface area contributed by atoms with Gasteiger partial charge in [-0.25, -0.2) is 8.42 Å². The molecule has 0 unspecified atom stereocenters. The number of methoxy groups -OCH3 is 1. The zero-order chi connectivity index (χ0) is 21.1. The fourth-order valence-electron chi connectivity index (χ4n) is 3.92. The van der Waals surface area contributed by atoms with Gasteiger partial charge in [-0.05, 0) is 42.8 Å². The van der Waals surface area contributed by atoms with Gasteiger partial charge >= 0.3 is 0 Å². The highest BCUT2D eigenvalue weighted by atomic mass is 32.2. The zero-order valence-corrected chi connectivity index (χ0v) is 17.6. The van der Waals surface area contributed by atoms with Crippen LogP contribution in [0.1, 0.15) is 12.0 Å². The third-order valence-electron chi connectivity index (χ3n) is 5.50. The van der Waals surface area contributed by atoms with Gasteiger partial charge in [-0.2, -0.15) is 9.57 Å². The van der Waals surface area contributed by atoms with Crippen LogP contribution in [-0.2, 0) is 10.0 Å². The van der Waals surface area contributed by atoms with Crippen LogP contribution in [0.25, 0.3) is 10.8 Å². The summed E-state index contributed by atoms with van der Waals surface area (Å²) in [7, 11) is -2.06. The van der Waals surface area contributed by atoms with Crippen LogP contribution in [-0.4, -0.2) is 46.0 Å². The van der Waals surface area contributed by atoms with Crippen molar-refractivity contribution >= 4 is 26.5 Å². The van der Waals surface area contributed by atoms with Gasteiger partial charge < -0.3 is 9.64 Å². The van der Waals surface area contributed by atoms with E-state index in [1.54, 1.807) is 35.7 Å². The highest BCUT2D eigenvalue weighted by Gasteiger charge is 2.29. The Morgan fingerprint density at radius 2 is 1.63 bits per heavy atom. The second-order valence-corrected chi connectivity index (χ2v) is 9.12. The summed E-state index contributed by atoms with van der Waals surface area (Å²) in [4.78, 5) is 2.48. The molecule has 0 N–H and O–H groups in total. The SMILES string of the molecule is COc1ccc(S(=O)(=O)N2CCCN(c3ccc(C#N)cc3)CC2)c2ccccc12. The summed E-state index contributed by atoms with van der Waals surface area (Å²) in [6.45, 7) is 2.23. The lowest BCUT2D eigenvalue weighted by Gasteiger charge is -2.24. The number of rotatable bonds is 4. The van der Waals surface area contributed by atoms with E-state index in [2.05, 4.69) is 11.0 Å². The Bertz CT molecular complexity index is 1200. The van der Waals surface area contributed by atoms with Crippen molar-refractivity contribution < 1.29 is 13.2 Å². The molecule has 7 heteroatoms. The van der Waals surface area contributed by atoms with Crippen molar-refractivity contribution in [3.8, 4) is 11.8 Å². The van der Waals surface area contributed by atoms with Gasteiger partial charge in [-0.3, -0.25) is 0 Å². The average molecular weight is 422 g/mol. The number of fused-ring (bicyclic) bond motifs is 1. The monoisotopic (exact) mass is 421 g/mol. The predicted molar refractivity (Wildman–Crippen MR) is 117 cm³/mol. The topological polar surface area (TPSA) is 73.6 Å². The van der Waals surface area contributed by atoms with Crippen LogP contribution in [0.15, 0.2) is 65.6 Å². The van der Waals surface area contributed by atoms with Crippen LogP contribution in [0.5, 0.6) is 5.75 Å². The summed E-state index contributed by atoms with van der Waals surface area (Å²) in [6.07, 6.45) is 0.729. The summed E-state index contributed by atoms with van der Waals surface area (Å²) >= 11 is 0. The zero-order valence-electron chi connectivity index (χ0n) is 16.8. The summed E-state index contributed by atoms with van der Waals surface area (Å²) in [5.74, 6) is 0.660. The van der Waals surface area contributed by atoms with Crippen molar-refractivity contribution in [2.45, 2.75) is 11.3 Å². The Balaban J connectivity index is 1.61. The number of anilines is 1. The Hall–Kier alpha value is -3.08. The van der Waals surface area contributed by atoms with E-state index in [1.165, 1.54) is 0 Å². The molecule has 1 aliphatic rings. The molecule has 154 valence electrons. The maximum absolute atomic E-state index is 13.5. The van der Waals surface area contributed by atoms with E-state index < -0.39 is 10.0 Å². The molecule has 0 atom stereocenters. The van der Waals surface area contributed by atoms with E-state index in [-0.39, 0.29) is 0 Å². The lowest BCUT2D eigenvalue weighted by atomic mass is 10.1. The summed E-state index contributed by atoms with van der Waals surface area (Å²) in [5, 5.41) is 10.4. The van der Waals surface area contributed by atoms with Crippen LogP contribution >= 0.6 is 0 Å². The average Bonchev–Trinajstić information content (AvgIpc) is 3.05. The molecule has 0 aliphatic carbocycles. The summed E-state index contributed by atoms with van der Waals surface area (Å²) in [5.41, 5.74) is 1.62. The second-order valence-electron chi connectivity index (χ2n) is 7.21. The van der Waals surface area contributed by atoms with Crippen molar-refractivity contribution in [1.82, 2.24) is 4.31 Å². The summed E-state index contributed by atoms with van der Waals surface area (Å²) in [6, 6.07) is 20.3. The maximum Gasteiger partial charge on any atom is 0.243 e. The molecule has 6 nitrogen and oxygen atoms in total. The van der Waals surface area contributed by atoms with Gasteiger partial charge in [0.15, 0.2) is 0 Å². The summed E-state index contributed by atoms with van der Waals surface area (Å²) < 4.78 is 34.0. The molecule has 30 heavy (non-hydrogen) atoms. The van der Waals surface area contributed by atoms with E-state index in [0.717, 1.165) is 24.0 Å². The van der Waals surface area contributed by atoms with Gasteiger partial charge in [0, 0.05) is 42.6 Å². The van der Waals surface area contributed by atoms with Gasteiger partial charge in [-0.15, -0.1) is 0 Å². The molecule has 1 aliphatic heterocycles. The Labute approximate surface area is 177 Å². The Morgan fingerprint density at radius 1 is 0.900 bits per heavy atom. The lowest BCUT2D eigenvalue weighted by molar-refractivity contribution is 0.419. The van der Waals surface area contributed by atoms with Gasteiger partial charge in [0.2, 0.25) is 10.0 Å². The molecule has 0 bridgehead atoms. The normalized spacial score (nSPS) is 15.5. The molecule has 0 amide bonds. The number of nitrogens with zero attached hydrogens (tertiary/aromatic N) is 3. The van der Waals surface area contributed by atoms with E-state index in [1.807, 2.05) is 36.4 Å². The number of ether oxygens (including phenoxy) is 1. The third-order valence-corrected chi connectivity index (χ3v) is 7.46. The molecule has 0 spiro atoms. The number of sulfonamides is 1. The molecule has 4 rings (SSSR count). The maximum atomic E-state index is 13.5. The largest absolute Gasteiger partial charge is 0.496 e. The molecule has 3 aromatic rings. The number of nitriles is 1. The van der Waals surface area contributed by atoms with Crippen LogP contribution in [0.4, 0.5) is 5.69 Å². The minimum absolute atomic E-state index is 0.311. The van der Waals surface area contributed by atoms with Crippen LogP contribution in [0, 0.1) is 11.3 Å². The molecule has 1 fully saturated rings. The first-order chi connectivity index (χ1) is 14.5. The number of hydrogen-bond donors (Lipinski definition) is 0. The molecular weight excluding hydrogens is 398 g/mol. The Morgan fingerprint density at radius 3 is 2.33 bits per heavy atom. The molecule has 0 radical (unpaired) electrons. The van der Waals surface area contributed by atoms with Gasteiger partial charge in [-0.1, -0.05) is 24.3 Å². The van der Waals surface area contributed by atoms with E-state index in [9.17, 15) is 8.42 Å². The molecule has 1 saturated heterocycles. The van der Waals surface area contributed by atoms with Crippen molar-refractivity contribution in [1.29, 1.82) is 5.26 Å². The van der Waals surface area contributed by atoms with E-state index >= 15 is 0 Å². The molecule has 0 saturated carbocycles. The van der Waals surface area contributed by atoms with Crippen LogP contribution < -0.4 is 9.64 Å². The van der Waals surface area contributed by atoms with Crippen molar-refractivity contribution in [3.05, 3.63) is 66.2 Å². The van der Waals surface area contributed by atoms with Gasteiger partial charge in [0.25, 0.3) is 0 Å². The quantitative estimate of drug-likeness (QED) is 0.643. The fourth-order valence-corrected chi connectivity index (χ4v) is 5.59. The minimum Gasteiger partial charge on any atom is -0.496 e. The van der Waals surface area contributed by atoms with Gasteiger partial charge in [0.05, 0.1) is 23.6 Å². The standard InChI is InChI=1S/C23H23N3O3S/c1-29-22-11-12-23(21-6-3-2-5-20(21)22)30(27,28)26-14-4-13-25(15-16-26)19-9-7-18(17-24)8-10-19/h2-3,5-12H,4,13-16H2,1H3.